The summed E-state index contributed by atoms with van der Waals surface area (Å²) in [5.41, 5.74) is 0.198. The van der Waals surface area contributed by atoms with Crippen molar-refractivity contribution in [3.63, 3.8) is 0 Å². The second kappa shape index (κ2) is 32.2. The number of halogens is 13. The summed E-state index contributed by atoms with van der Waals surface area (Å²) in [5, 5.41) is 10.2. The van der Waals surface area contributed by atoms with Gasteiger partial charge >= 0.3 is 30.4 Å². The van der Waals surface area contributed by atoms with Crippen LogP contribution < -0.4 is 11.1 Å². The van der Waals surface area contributed by atoms with Crippen LogP contribution in [0.4, 0.5) is 53.1 Å². The number of amides is 3. The topological polar surface area (TPSA) is 295 Å². The summed E-state index contributed by atoms with van der Waals surface area (Å²) in [7, 11) is 0. The monoisotopic (exact) mass is 1610 g/mol. The molecule has 590 valence electrons. The molecule has 9 aromatic rings. The highest BCUT2D eigenvalue weighted by molar-refractivity contribution is 6.32. The zero-order valence-corrected chi connectivity index (χ0v) is 61.4. The Morgan fingerprint density at radius 2 is 1.04 bits per heavy atom. The standard InChI is InChI=1S/C42H36ClF5N8O5.C34H31ClF6N8O3/c1-25(2)19-41(29-11-8-27(9-12-29)31-21-49-16-17-50-31)37(58)55(38(54-41)53-39(59)61-22-26-6-4-3-5-7-26)33(23-60-34(57)20-40(14-15-40)42(46,47)48)28-10-13-30(43)32(18-28)56-36(35(44)45)51-24-52-56;1-31(2,38)17-33(21-6-3-19(4-7-21)23-15-43-11-12-44-23)29(51)48(30(42)47-33)25(16-52-26(50)14-32(9-10-32)34(39,40)41)20-5-8-22(35)24(13-20)49-28(27(36)37)45-18-46-49/h3-13,16-18,21,24,33,35H,1,14-15,19-20,22-23H2,2H3,(H,53,54,59);3-8,11-13,15,18,25,27H,9-10,14,16-17H2,1-2H3,(H2,42,47)/t33-,41-;25-,33-/m11/s1. The number of carbonyl (C=O) groups is 5. The molecule has 37 heteroatoms. The van der Waals surface area contributed by atoms with Crippen LogP contribution in [0.15, 0.2) is 187 Å². The molecule has 0 radical (unpaired) electrons. The van der Waals surface area contributed by atoms with Crippen molar-refractivity contribution < 1.29 is 86.5 Å². The molecule has 0 bridgehead atoms. The maximum atomic E-state index is 15.6. The van der Waals surface area contributed by atoms with Gasteiger partial charge < -0.3 is 19.9 Å². The van der Waals surface area contributed by atoms with Gasteiger partial charge in [0.25, 0.3) is 24.7 Å². The number of alkyl carbamates (subject to hydrolysis) is 1. The smallest absolute Gasteiger partial charge is 0.414 e. The van der Waals surface area contributed by atoms with Crippen molar-refractivity contribution in [3.05, 3.63) is 227 Å². The zero-order chi connectivity index (χ0) is 81.2. The van der Waals surface area contributed by atoms with Crippen molar-refractivity contribution >= 4 is 65.0 Å². The van der Waals surface area contributed by atoms with Crippen LogP contribution >= 0.6 is 23.2 Å². The minimum atomic E-state index is -4.67. The summed E-state index contributed by atoms with van der Waals surface area (Å²) in [6.45, 7) is 6.50. The molecule has 2 saturated carbocycles. The third-order valence-electron chi connectivity index (χ3n) is 19.3. The SMILES string of the molecule is C=C(C)C[C@]1(c2ccc(-c3cnccn3)cc2)N=C(NC(=O)OCc2ccccc2)N([C@H](COC(=O)CC2(C(F)(F)F)CC2)c2ccc(Cl)c(-n3ncnc3C(F)F)c2)C1=O.CC(C)(F)C[C@]1(c2ccc(-c3cnccn3)cc2)N=C(N)N([C@H](COC(=O)CC2(C(F)(F)F)CC2)c2ccc(Cl)c(-n3ncnc3C(F)F)c2)C1=O. The van der Waals surface area contributed by atoms with Crippen molar-refractivity contribution in [1.82, 2.24) is 64.6 Å². The Kier molecular flexibility index (Phi) is 23.1. The predicted octanol–water partition coefficient (Wildman–Crippen LogP) is 15.4. The number of benzene rings is 5. The fourth-order valence-electron chi connectivity index (χ4n) is 13.3. The molecule has 2 aliphatic carbocycles. The van der Waals surface area contributed by atoms with E-state index in [1.807, 2.05) is 0 Å². The normalized spacial score (nSPS) is 18.2. The number of nitrogens with zero attached hydrogens (tertiary/aromatic N) is 14. The Morgan fingerprint density at radius 3 is 1.45 bits per heavy atom. The highest BCUT2D eigenvalue weighted by Crippen LogP contribution is 2.61. The first kappa shape index (κ1) is 80.9. The van der Waals surface area contributed by atoms with E-state index in [-0.39, 0.29) is 82.8 Å². The van der Waals surface area contributed by atoms with Crippen LogP contribution in [0.25, 0.3) is 33.9 Å². The summed E-state index contributed by atoms with van der Waals surface area (Å²) in [4.78, 5) is 105. The molecule has 0 unspecified atom stereocenters. The van der Waals surface area contributed by atoms with E-state index in [1.54, 1.807) is 92.0 Å². The molecule has 4 aliphatic rings. The van der Waals surface area contributed by atoms with Crippen LogP contribution in [-0.4, -0.2) is 132 Å². The lowest BCUT2D eigenvalue weighted by molar-refractivity contribution is -0.195. The van der Waals surface area contributed by atoms with Gasteiger partial charge in [0.2, 0.25) is 5.96 Å². The molecule has 13 rings (SSSR count). The Balaban J connectivity index is 0.000000212. The summed E-state index contributed by atoms with van der Waals surface area (Å²) in [6.07, 6.45) is -9.19. The second-order valence-corrected chi connectivity index (χ2v) is 28.7. The lowest BCUT2D eigenvalue weighted by Gasteiger charge is -2.33. The fourth-order valence-corrected chi connectivity index (χ4v) is 13.7. The number of hydrogen-bond donors (Lipinski definition) is 2. The number of hydrogen-bond acceptors (Lipinski definition) is 19. The van der Waals surface area contributed by atoms with Gasteiger partial charge in [0, 0.05) is 48.8 Å². The van der Waals surface area contributed by atoms with Crippen LogP contribution in [0, 0.1) is 10.8 Å². The Hall–Kier alpha value is -11.6. The molecule has 3 amide bonds. The van der Waals surface area contributed by atoms with Gasteiger partial charge in [-0.1, -0.05) is 120 Å². The van der Waals surface area contributed by atoms with Gasteiger partial charge in [-0.05, 0) is 98.5 Å². The first-order valence-corrected chi connectivity index (χ1v) is 35.4. The van der Waals surface area contributed by atoms with Gasteiger partial charge in [-0.15, -0.1) is 6.58 Å². The second-order valence-electron chi connectivity index (χ2n) is 27.9. The van der Waals surface area contributed by atoms with Crippen LogP contribution in [-0.2, 0) is 51.1 Å². The number of carbonyl (C=O) groups excluding carboxylic acids is 5. The molecule has 2 fully saturated rings. The molecule has 24 nitrogen and oxygen atoms in total. The molecule has 4 atom stereocenters. The summed E-state index contributed by atoms with van der Waals surface area (Å²) in [5.74, 6) is -6.35. The summed E-state index contributed by atoms with van der Waals surface area (Å²) < 4.78 is 172. The Morgan fingerprint density at radius 1 is 0.584 bits per heavy atom. The number of alkyl halides is 11. The number of ether oxygens (including phenoxy) is 3. The maximum Gasteiger partial charge on any atom is 0.414 e. The molecule has 5 aromatic carbocycles. The average Bonchev–Trinajstić information content (AvgIpc) is 1.59. The van der Waals surface area contributed by atoms with E-state index in [0.29, 0.717) is 39.2 Å². The molecule has 113 heavy (non-hydrogen) atoms. The van der Waals surface area contributed by atoms with E-state index in [4.69, 9.17) is 48.1 Å². The van der Waals surface area contributed by atoms with E-state index < -0.39 is 145 Å². The lowest BCUT2D eigenvalue weighted by atomic mass is 9.80. The van der Waals surface area contributed by atoms with Crippen LogP contribution in [0.5, 0.6) is 0 Å². The van der Waals surface area contributed by atoms with Crippen molar-refractivity contribution in [2.75, 3.05) is 13.2 Å². The first-order chi connectivity index (χ1) is 53.5. The number of nitrogens with one attached hydrogen (secondary N) is 1. The molecule has 2 aliphatic heterocycles. The molecule has 6 heterocycles. The number of nitrogens with two attached hydrogens (primary N) is 1. The molecule has 0 saturated heterocycles. The van der Waals surface area contributed by atoms with Crippen molar-refractivity contribution in [2.45, 2.75) is 133 Å². The Labute approximate surface area is 646 Å². The van der Waals surface area contributed by atoms with Gasteiger partial charge in [-0.25, -0.2) is 56.1 Å². The van der Waals surface area contributed by atoms with Crippen molar-refractivity contribution in [3.8, 4) is 33.9 Å². The van der Waals surface area contributed by atoms with E-state index in [2.05, 4.69) is 57.0 Å². The van der Waals surface area contributed by atoms with Gasteiger partial charge in [0.05, 0.1) is 81.0 Å². The first-order valence-electron chi connectivity index (χ1n) is 34.6. The highest BCUT2D eigenvalue weighted by Gasteiger charge is 2.65. The largest absolute Gasteiger partial charge is 0.463 e. The zero-order valence-electron chi connectivity index (χ0n) is 59.9. The molecule has 4 aromatic heterocycles. The van der Waals surface area contributed by atoms with E-state index in [1.165, 1.54) is 81.2 Å². The van der Waals surface area contributed by atoms with Gasteiger partial charge in [0.15, 0.2) is 28.7 Å². The number of rotatable bonds is 26. The van der Waals surface area contributed by atoms with E-state index in [0.717, 1.165) is 31.8 Å². The molecular formula is C76H67Cl2F11N16O8. The minimum Gasteiger partial charge on any atom is -0.463 e. The van der Waals surface area contributed by atoms with E-state index in [9.17, 15) is 63.1 Å². The predicted molar refractivity (Wildman–Crippen MR) is 385 cm³/mol. The van der Waals surface area contributed by atoms with Gasteiger partial charge in [-0.3, -0.25) is 54.2 Å². The van der Waals surface area contributed by atoms with Gasteiger partial charge in [0.1, 0.15) is 38.1 Å². The van der Waals surface area contributed by atoms with Crippen LogP contribution in [0.3, 0.4) is 0 Å². The molecule has 0 spiro atoms. The third-order valence-corrected chi connectivity index (χ3v) is 20.0. The minimum absolute atomic E-state index is 0.0566. The van der Waals surface area contributed by atoms with Crippen LogP contribution in [0.1, 0.15) is 137 Å². The van der Waals surface area contributed by atoms with Crippen molar-refractivity contribution in [1.29, 1.82) is 0 Å². The number of aliphatic imine (C=N–C) groups is 2. The maximum absolute atomic E-state index is 15.6. The highest BCUT2D eigenvalue weighted by atomic mass is 35.5. The summed E-state index contributed by atoms with van der Waals surface area (Å²) in [6, 6.07) is 26.9. The molecule has 3 N–H and O–H groups in total. The third kappa shape index (κ3) is 17.4. The number of guanidine groups is 2. The number of aromatic nitrogens is 10. The molecular weight excluding hydrogens is 1540 g/mol. The number of esters is 2. The van der Waals surface area contributed by atoms with Gasteiger partial charge in [-0.2, -0.15) is 36.5 Å². The van der Waals surface area contributed by atoms with E-state index >= 15 is 9.18 Å². The fraction of sp³-hybridized carbons (Fsp3) is 0.329. The Bertz CT molecular complexity index is 5090. The lowest BCUT2D eigenvalue weighted by Crippen LogP contribution is -2.49. The van der Waals surface area contributed by atoms with Crippen LogP contribution in [0.2, 0.25) is 10.0 Å². The average molecular weight is 1610 g/mol. The summed E-state index contributed by atoms with van der Waals surface area (Å²) >= 11 is 12.9. The van der Waals surface area contributed by atoms with Crippen molar-refractivity contribution in [2.24, 2.45) is 26.5 Å². The quantitative estimate of drug-likeness (QED) is 0.0220.